The van der Waals surface area contributed by atoms with Crippen molar-refractivity contribution in [2.75, 3.05) is 0 Å². The Kier molecular flexibility index (Phi) is 5.37. The first-order chi connectivity index (χ1) is 18.0. The van der Waals surface area contributed by atoms with Crippen molar-refractivity contribution in [3.8, 4) is 35.5 Å². The lowest BCUT2D eigenvalue weighted by atomic mass is 9.47. The van der Waals surface area contributed by atoms with E-state index in [4.69, 9.17) is 23.2 Å². The van der Waals surface area contributed by atoms with E-state index < -0.39 is 16.8 Å². The Labute approximate surface area is 224 Å². The van der Waals surface area contributed by atoms with Crippen LogP contribution in [0.1, 0.15) is 38.9 Å². The lowest BCUT2D eigenvalue weighted by Gasteiger charge is -2.52. The van der Waals surface area contributed by atoms with E-state index in [0.717, 1.165) is 33.4 Å². The molecular formula is C33H16Cl2O2. The van der Waals surface area contributed by atoms with Crippen molar-refractivity contribution >= 4 is 29.2 Å². The van der Waals surface area contributed by atoms with Gasteiger partial charge >= 0.3 is 5.97 Å². The summed E-state index contributed by atoms with van der Waals surface area (Å²) < 4.78 is 0. The molecule has 0 fully saturated rings. The number of halogens is 2. The molecule has 4 aromatic carbocycles. The molecule has 0 spiro atoms. The van der Waals surface area contributed by atoms with Crippen LogP contribution in [-0.2, 0) is 15.6 Å². The van der Waals surface area contributed by atoms with Crippen molar-refractivity contribution in [1.29, 1.82) is 0 Å². The fourth-order valence-corrected chi connectivity index (χ4v) is 6.00. The molecule has 2 nitrogen and oxygen atoms in total. The molecule has 0 radical (unpaired) electrons. The summed E-state index contributed by atoms with van der Waals surface area (Å²) in [5.41, 5.74) is 4.60. The van der Waals surface area contributed by atoms with Gasteiger partial charge in [-0.05, 0) is 57.4 Å². The Hall–Kier alpha value is -4.39. The largest absolute Gasteiger partial charge is 0.472 e. The number of aliphatic carboxylic acids is 1. The maximum Gasteiger partial charge on any atom is 0.381 e. The van der Waals surface area contributed by atoms with Crippen LogP contribution in [0.4, 0.5) is 0 Å². The fourth-order valence-electron chi connectivity index (χ4n) is 5.66. The van der Waals surface area contributed by atoms with Crippen LogP contribution in [0.15, 0.2) is 91.0 Å². The van der Waals surface area contributed by atoms with Crippen LogP contribution in [0.25, 0.3) is 0 Å². The Morgan fingerprint density at radius 1 is 0.622 bits per heavy atom. The molecule has 174 valence electrons. The summed E-state index contributed by atoms with van der Waals surface area (Å²) in [6.07, 6.45) is 0. The summed E-state index contributed by atoms with van der Waals surface area (Å²) in [6.45, 7) is 0. The van der Waals surface area contributed by atoms with E-state index in [1.807, 2.05) is 72.8 Å². The van der Waals surface area contributed by atoms with Crippen LogP contribution in [0.3, 0.4) is 0 Å². The van der Waals surface area contributed by atoms with Crippen LogP contribution >= 0.6 is 23.2 Å². The van der Waals surface area contributed by atoms with Gasteiger partial charge in [-0.2, -0.15) is 0 Å². The monoisotopic (exact) mass is 514 g/mol. The Morgan fingerprint density at radius 2 is 1.08 bits per heavy atom. The average molecular weight is 515 g/mol. The zero-order chi connectivity index (χ0) is 25.6. The van der Waals surface area contributed by atoms with E-state index >= 15 is 0 Å². The fraction of sp³-hybridized carbons (Fsp3) is 0.0606. The maximum absolute atomic E-state index is 11.6. The second-order valence-corrected chi connectivity index (χ2v) is 9.58. The third-order valence-electron chi connectivity index (χ3n) is 7.02. The highest BCUT2D eigenvalue weighted by atomic mass is 35.5. The second-order valence-electron chi connectivity index (χ2n) is 8.79. The molecule has 0 saturated heterocycles. The van der Waals surface area contributed by atoms with E-state index in [1.54, 1.807) is 18.2 Å². The van der Waals surface area contributed by atoms with Crippen molar-refractivity contribution in [2.45, 2.75) is 10.8 Å². The minimum Gasteiger partial charge on any atom is -0.472 e. The van der Waals surface area contributed by atoms with Crippen LogP contribution < -0.4 is 0 Å². The van der Waals surface area contributed by atoms with E-state index in [2.05, 4.69) is 35.5 Å². The molecule has 0 amide bonds. The summed E-state index contributed by atoms with van der Waals surface area (Å²) in [4.78, 5) is 11.6. The molecule has 3 aliphatic rings. The first-order valence-corrected chi connectivity index (χ1v) is 12.3. The standard InChI is InChI=1S/C33H16Cl2O2/c34-29-18-9-11-22(31(29)35)10-7-8-20-32-23-12-1-4-15-26(23)33(21-19-30(36)37,27-16-5-2-13-24(27)32)28-17-6-3-14-25(28)32/h1-6,9,11-18H,(H,36,37). The lowest BCUT2D eigenvalue weighted by Crippen LogP contribution is -2.49. The molecule has 4 heteroatoms. The van der Waals surface area contributed by atoms with Gasteiger partial charge < -0.3 is 5.11 Å². The number of hydrogen-bond donors (Lipinski definition) is 1. The van der Waals surface area contributed by atoms with Crippen LogP contribution in [0, 0.1) is 35.5 Å². The average Bonchev–Trinajstić information content (AvgIpc) is 2.93. The summed E-state index contributed by atoms with van der Waals surface area (Å²) in [5.74, 6) is 17.1. The number of rotatable bonds is 0. The molecule has 3 aliphatic carbocycles. The number of carboxylic acid groups (broad SMARTS) is 1. The molecule has 0 aromatic heterocycles. The zero-order valence-electron chi connectivity index (χ0n) is 19.3. The molecule has 37 heavy (non-hydrogen) atoms. The van der Waals surface area contributed by atoms with Gasteiger partial charge in [-0.3, -0.25) is 0 Å². The smallest absolute Gasteiger partial charge is 0.381 e. The van der Waals surface area contributed by atoms with Crippen molar-refractivity contribution in [1.82, 2.24) is 0 Å². The summed E-state index contributed by atoms with van der Waals surface area (Å²) in [7, 11) is 0. The van der Waals surface area contributed by atoms with E-state index in [9.17, 15) is 9.90 Å². The molecular weight excluding hydrogens is 499 g/mol. The van der Waals surface area contributed by atoms with Gasteiger partial charge in [0.05, 0.1) is 10.0 Å². The number of hydrogen-bond acceptors (Lipinski definition) is 1. The van der Waals surface area contributed by atoms with Crippen LogP contribution in [0.2, 0.25) is 10.0 Å². The van der Waals surface area contributed by atoms with Crippen molar-refractivity contribution < 1.29 is 9.90 Å². The van der Waals surface area contributed by atoms with E-state index in [0.29, 0.717) is 15.6 Å². The molecule has 4 aromatic rings. The minimum absolute atomic E-state index is 0.398. The second kappa shape index (κ2) is 8.62. The molecule has 1 N–H and O–H groups in total. The topological polar surface area (TPSA) is 37.3 Å². The number of benzene rings is 4. The predicted molar refractivity (Wildman–Crippen MR) is 146 cm³/mol. The predicted octanol–water partition coefficient (Wildman–Crippen LogP) is 6.43. The van der Waals surface area contributed by atoms with Gasteiger partial charge in [-0.25, -0.2) is 4.79 Å². The first-order valence-electron chi connectivity index (χ1n) is 11.5. The highest BCUT2D eigenvalue weighted by molar-refractivity contribution is 6.42. The Morgan fingerprint density at radius 3 is 1.54 bits per heavy atom. The Balaban J connectivity index is 1.68. The maximum atomic E-state index is 11.6. The molecule has 7 rings (SSSR count). The van der Waals surface area contributed by atoms with Gasteiger partial charge in [0.15, 0.2) is 0 Å². The highest BCUT2D eigenvalue weighted by Gasteiger charge is 2.57. The highest BCUT2D eigenvalue weighted by Crippen LogP contribution is 2.61. The normalized spacial score (nSPS) is 19.4. The summed E-state index contributed by atoms with van der Waals surface area (Å²) >= 11 is 12.5. The number of carbonyl (C=O) groups is 1. The van der Waals surface area contributed by atoms with Crippen molar-refractivity contribution in [3.05, 3.63) is 140 Å². The van der Waals surface area contributed by atoms with Crippen LogP contribution in [-0.4, -0.2) is 11.1 Å². The molecule has 2 bridgehead atoms. The van der Waals surface area contributed by atoms with E-state index in [-0.39, 0.29) is 0 Å². The van der Waals surface area contributed by atoms with Gasteiger partial charge in [0.2, 0.25) is 0 Å². The Bertz CT molecular complexity index is 1700. The zero-order valence-corrected chi connectivity index (χ0v) is 20.8. The van der Waals surface area contributed by atoms with Crippen LogP contribution in [0.5, 0.6) is 0 Å². The van der Waals surface area contributed by atoms with E-state index in [1.165, 1.54) is 0 Å². The van der Waals surface area contributed by atoms with Gasteiger partial charge in [0.25, 0.3) is 0 Å². The van der Waals surface area contributed by atoms with Gasteiger partial charge in [0, 0.05) is 11.5 Å². The molecule has 0 atom stereocenters. The first kappa shape index (κ1) is 23.0. The quantitative estimate of drug-likeness (QED) is 0.274. The van der Waals surface area contributed by atoms with Gasteiger partial charge in [-0.15, -0.1) is 0 Å². The molecule has 0 heterocycles. The third-order valence-corrected chi connectivity index (χ3v) is 7.84. The minimum atomic E-state index is -1.17. The summed E-state index contributed by atoms with van der Waals surface area (Å²) in [5, 5.41) is 10.3. The van der Waals surface area contributed by atoms with Gasteiger partial charge in [-0.1, -0.05) is 120 Å². The molecule has 0 unspecified atom stereocenters. The molecule has 0 saturated carbocycles. The lowest BCUT2D eigenvalue weighted by molar-refractivity contribution is -0.130. The van der Waals surface area contributed by atoms with Crippen molar-refractivity contribution in [3.63, 3.8) is 0 Å². The SMILES string of the molecule is O=C(O)C#CC12c3ccccc3C(C#CC#Cc3cccc(Cl)c3Cl)(c3ccccc31)c1ccccc12. The number of carboxylic acids is 1. The van der Waals surface area contributed by atoms with Crippen molar-refractivity contribution in [2.24, 2.45) is 0 Å². The van der Waals surface area contributed by atoms with Gasteiger partial charge in [0.1, 0.15) is 10.8 Å². The third kappa shape index (κ3) is 3.23. The summed E-state index contributed by atoms with van der Waals surface area (Å²) in [6, 6.07) is 29.3. The molecule has 0 aliphatic heterocycles.